The van der Waals surface area contributed by atoms with Gasteiger partial charge in [0.15, 0.2) is 0 Å². The highest BCUT2D eigenvalue weighted by Crippen LogP contribution is 2.28. The second-order valence-electron chi connectivity index (χ2n) is 5.47. The van der Waals surface area contributed by atoms with E-state index in [-0.39, 0.29) is 0 Å². The summed E-state index contributed by atoms with van der Waals surface area (Å²) < 4.78 is 27.3. The van der Waals surface area contributed by atoms with Gasteiger partial charge in [0.25, 0.3) is 10.0 Å². The van der Waals surface area contributed by atoms with Crippen LogP contribution in [0.4, 0.5) is 0 Å². The lowest BCUT2D eigenvalue weighted by atomic mass is 10.3. The lowest BCUT2D eigenvalue weighted by Gasteiger charge is -2.29. The molecule has 1 N–H and O–H groups in total. The lowest BCUT2D eigenvalue weighted by Crippen LogP contribution is -2.40. The normalized spacial score (nSPS) is 24.9. The fourth-order valence-corrected chi connectivity index (χ4v) is 6.38. The Kier molecular flexibility index (Phi) is 4.42. The molecule has 0 aromatic carbocycles. The highest BCUT2D eigenvalue weighted by atomic mass is 32.2. The number of hydrogen-bond acceptors (Lipinski definition) is 5. The molecule has 7 heteroatoms. The van der Waals surface area contributed by atoms with Gasteiger partial charge in [0.2, 0.25) is 0 Å². The van der Waals surface area contributed by atoms with E-state index in [1.807, 2.05) is 23.2 Å². The molecule has 0 radical (unpaired) electrons. The molecule has 1 unspecified atom stereocenters. The van der Waals surface area contributed by atoms with Gasteiger partial charge in [0, 0.05) is 36.7 Å². The van der Waals surface area contributed by atoms with Crippen LogP contribution in [0.1, 0.15) is 25.3 Å². The van der Waals surface area contributed by atoms with Crippen LogP contribution in [-0.4, -0.2) is 42.9 Å². The molecule has 3 rings (SSSR count). The van der Waals surface area contributed by atoms with Crippen molar-refractivity contribution in [3.8, 4) is 0 Å². The largest absolute Gasteiger partial charge is 0.310 e. The molecule has 1 saturated carbocycles. The summed E-state index contributed by atoms with van der Waals surface area (Å²) in [6.07, 6.45) is 2.50. The fourth-order valence-electron chi connectivity index (χ4n) is 2.26. The number of rotatable bonds is 5. The maximum atomic E-state index is 12.6. The van der Waals surface area contributed by atoms with Gasteiger partial charge in [-0.3, -0.25) is 0 Å². The molecule has 0 amide bonds. The monoisotopic (exact) mass is 332 g/mol. The van der Waals surface area contributed by atoms with Crippen LogP contribution in [0, 0.1) is 0 Å². The first kappa shape index (κ1) is 14.8. The Morgan fingerprint density at radius 1 is 1.45 bits per heavy atom. The summed E-state index contributed by atoms with van der Waals surface area (Å²) in [6.45, 7) is 4.13. The van der Waals surface area contributed by atoms with Crippen molar-refractivity contribution in [2.75, 3.05) is 18.8 Å². The highest BCUT2D eigenvalue weighted by molar-refractivity contribution is 8.00. The van der Waals surface area contributed by atoms with Crippen molar-refractivity contribution in [3.05, 3.63) is 17.0 Å². The van der Waals surface area contributed by atoms with Gasteiger partial charge >= 0.3 is 0 Å². The van der Waals surface area contributed by atoms with Crippen LogP contribution < -0.4 is 5.32 Å². The molecule has 112 valence electrons. The van der Waals surface area contributed by atoms with Gasteiger partial charge in [-0.1, -0.05) is 6.92 Å². The van der Waals surface area contributed by atoms with E-state index < -0.39 is 10.0 Å². The molecule has 1 aromatic heterocycles. The minimum atomic E-state index is -3.29. The third kappa shape index (κ3) is 3.39. The van der Waals surface area contributed by atoms with Gasteiger partial charge in [-0.05, 0) is 29.9 Å². The van der Waals surface area contributed by atoms with Crippen LogP contribution in [0.5, 0.6) is 0 Å². The van der Waals surface area contributed by atoms with E-state index in [1.54, 1.807) is 4.31 Å². The number of thiophene rings is 1. The van der Waals surface area contributed by atoms with Crippen molar-refractivity contribution in [2.45, 2.75) is 41.8 Å². The average molecular weight is 333 g/mol. The zero-order valence-electron chi connectivity index (χ0n) is 11.5. The van der Waals surface area contributed by atoms with E-state index >= 15 is 0 Å². The Bertz CT molecular complexity index is 566. The van der Waals surface area contributed by atoms with Crippen molar-refractivity contribution in [1.82, 2.24) is 9.62 Å². The molecule has 1 saturated heterocycles. The third-order valence-corrected chi connectivity index (χ3v) is 8.07. The topological polar surface area (TPSA) is 49.4 Å². The van der Waals surface area contributed by atoms with Crippen molar-refractivity contribution >= 4 is 33.1 Å². The number of nitrogens with zero attached hydrogens (tertiary/aromatic N) is 1. The van der Waals surface area contributed by atoms with Crippen molar-refractivity contribution < 1.29 is 8.42 Å². The quantitative estimate of drug-likeness (QED) is 0.897. The molecule has 1 aliphatic heterocycles. The van der Waals surface area contributed by atoms with Gasteiger partial charge in [0.1, 0.15) is 4.21 Å². The van der Waals surface area contributed by atoms with E-state index in [0.717, 1.165) is 17.9 Å². The number of nitrogens with one attached hydrogen (secondary N) is 1. The molecule has 1 aromatic rings. The van der Waals surface area contributed by atoms with Crippen molar-refractivity contribution in [3.63, 3.8) is 0 Å². The third-order valence-electron chi connectivity index (χ3n) is 3.60. The lowest BCUT2D eigenvalue weighted by molar-refractivity contribution is 0.425. The summed E-state index contributed by atoms with van der Waals surface area (Å²) in [5.74, 6) is 0.891. The van der Waals surface area contributed by atoms with E-state index in [9.17, 15) is 8.42 Å². The van der Waals surface area contributed by atoms with Crippen LogP contribution >= 0.6 is 23.1 Å². The van der Waals surface area contributed by atoms with Crippen molar-refractivity contribution in [1.29, 1.82) is 0 Å². The predicted molar refractivity (Wildman–Crippen MR) is 84.9 cm³/mol. The summed E-state index contributed by atoms with van der Waals surface area (Å²) in [5, 5.41) is 5.77. The molecule has 1 aliphatic carbocycles. The number of thioether (sulfide) groups is 1. The molecular formula is C13H20N2O2S3. The summed E-state index contributed by atoms with van der Waals surface area (Å²) in [4.78, 5) is 0. The Hall–Kier alpha value is -0.0800. The van der Waals surface area contributed by atoms with Gasteiger partial charge < -0.3 is 5.32 Å². The minimum absolute atomic E-state index is 0.384. The van der Waals surface area contributed by atoms with Gasteiger partial charge in [-0.2, -0.15) is 16.1 Å². The molecule has 0 bridgehead atoms. The Labute approximate surface area is 129 Å². The predicted octanol–water partition coefficient (Wildman–Crippen LogP) is 2.13. The molecule has 4 nitrogen and oxygen atoms in total. The van der Waals surface area contributed by atoms with Gasteiger partial charge in [0.05, 0.1) is 0 Å². The van der Waals surface area contributed by atoms with Crippen LogP contribution in [0.2, 0.25) is 0 Å². The molecule has 20 heavy (non-hydrogen) atoms. The van der Waals surface area contributed by atoms with Crippen LogP contribution in [0.15, 0.2) is 15.7 Å². The second kappa shape index (κ2) is 5.96. The van der Waals surface area contributed by atoms with E-state index in [4.69, 9.17) is 0 Å². The average Bonchev–Trinajstić information content (AvgIpc) is 3.12. The smallest absolute Gasteiger partial charge is 0.252 e. The van der Waals surface area contributed by atoms with E-state index in [1.165, 1.54) is 24.2 Å². The first-order chi connectivity index (χ1) is 9.55. The summed E-state index contributed by atoms with van der Waals surface area (Å²) >= 11 is 3.19. The van der Waals surface area contributed by atoms with Crippen molar-refractivity contribution in [2.24, 2.45) is 0 Å². The van der Waals surface area contributed by atoms with Gasteiger partial charge in [-0.25, -0.2) is 8.42 Å². The molecular weight excluding hydrogens is 312 g/mol. The summed E-state index contributed by atoms with van der Waals surface area (Å²) in [5.41, 5.74) is 1.08. The number of sulfonamides is 1. The molecule has 0 spiro atoms. The second-order valence-corrected chi connectivity index (χ2v) is 10.1. The van der Waals surface area contributed by atoms with Crippen LogP contribution in [0.25, 0.3) is 0 Å². The van der Waals surface area contributed by atoms with Gasteiger partial charge in [-0.15, -0.1) is 11.3 Å². The van der Waals surface area contributed by atoms with E-state index in [2.05, 4.69) is 12.2 Å². The minimum Gasteiger partial charge on any atom is -0.310 e. The maximum absolute atomic E-state index is 12.6. The Morgan fingerprint density at radius 3 is 2.95 bits per heavy atom. The zero-order chi connectivity index (χ0) is 14.2. The first-order valence-corrected chi connectivity index (χ1v) is 10.3. The molecule has 1 atom stereocenters. The standard InChI is InChI=1S/C13H20N2O2S3/c1-10-8-15(4-5-18-10)20(16,17)13-6-11(9-19-13)7-14-12-2-3-12/h6,9-10,12,14H,2-5,7-8H2,1H3. The molecule has 2 aliphatic rings. The number of hydrogen-bond donors (Lipinski definition) is 1. The highest BCUT2D eigenvalue weighted by Gasteiger charge is 2.30. The fraction of sp³-hybridized carbons (Fsp3) is 0.692. The Balaban J connectivity index is 1.69. The molecule has 2 fully saturated rings. The van der Waals surface area contributed by atoms with Crippen LogP contribution in [-0.2, 0) is 16.6 Å². The SMILES string of the molecule is CC1CN(S(=O)(=O)c2cc(CNC3CC3)cs2)CCS1. The molecule has 2 heterocycles. The maximum Gasteiger partial charge on any atom is 0.252 e. The first-order valence-electron chi connectivity index (χ1n) is 6.98. The van der Waals surface area contributed by atoms with Crippen LogP contribution in [0.3, 0.4) is 0 Å². The van der Waals surface area contributed by atoms with E-state index in [0.29, 0.717) is 28.6 Å². The zero-order valence-corrected chi connectivity index (χ0v) is 14.0. The summed E-state index contributed by atoms with van der Waals surface area (Å²) in [6, 6.07) is 2.48. The Morgan fingerprint density at radius 2 is 2.25 bits per heavy atom. The summed E-state index contributed by atoms with van der Waals surface area (Å²) in [7, 11) is -3.29.